The minimum absolute atomic E-state index is 0.188. The van der Waals surface area contributed by atoms with Crippen molar-refractivity contribution in [1.29, 1.82) is 0 Å². The second kappa shape index (κ2) is 9.48. The molecule has 6 nitrogen and oxygen atoms in total. The minimum atomic E-state index is -0.419. The molecule has 0 spiro atoms. The van der Waals surface area contributed by atoms with E-state index in [4.69, 9.17) is 27.6 Å². The lowest BCUT2D eigenvalue weighted by molar-refractivity contribution is 0.0952. The summed E-state index contributed by atoms with van der Waals surface area (Å²) in [6.07, 6.45) is 2.14. The van der Waals surface area contributed by atoms with Gasteiger partial charge in [-0.2, -0.15) is 5.10 Å². The summed E-state index contributed by atoms with van der Waals surface area (Å²) in [4.78, 5) is 25.4. The van der Waals surface area contributed by atoms with Crippen LogP contribution in [0.25, 0.3) is 0 Å². The maximum Gasteiger partial charge on any atom is 0.291 e. The van der Waals surface area contributed by atoms with Gasteiger partial charge in [0, 0.05) is 27.0 Å². The summed E-state index contributed by atoms with van der Waals surface area (Å²) in [7, 11) is 0. The Bertz CT molecular complexity index is 1250. The highest BCUT2D eigenvalue weighted by Gasteiger charge is 2.28. The van der Waals surface area contributed by atoms with Crippen molar-refractivity contribution in [2.45, 2.75) is 26.2 Å². The Morgan fingerprint density at radius 2 is 1.88 bits per heavy atom. The minimum Gasteiger partial charge on any atom is -0.455 e. The van der Waals surface area contributed by atoms with E-state index >= 15 is 0 Å². The smallest absolute Gasteiger partial charge is 0.291 e. The van der Waals surface area contributed by atoms with Crippen LogP contribution in [-0.2, 0) is 6.42 Å². The predicted molar refractivity (Wildman–Crippen MR) is 129 cm³/mol. The monoisotopic (exact) mass is 533 g/mol. The number of nitrogens with zero attached hydrogens (tertiary/aromatic N) is 1. The first-order valence-corrected chi connectivity index (χ1v) is 11.4. The van der Waals surface area contributed by atoms with Crippen LogP contribution in [0.2, 0.25) is 10.0 Å². The quantitative estimate of drug-likeness (QED) is 0.381. The fraction of sp³-hybridized carbons (Fsp3) is 0.174. The van der Waals surface area contributed by atoms with Crippen LogP contribution in [0.1, 0.15) is 50.6 Å². The summed E-state index contributed by atoms with van der Waals surface area (Å²) in [5.41, 5.74) is 5.63. The van der Waals surface area contributed by atoms with Crippen molar-refractivity contribution in [3.63, 3.8) is 0 Å². The molecule has 1 aliphatic rings. The Balaban J connectivity index is 1.58. The number of carbonyl (C=O) groups excluding carboxylic acids is 2. The van der Waals surface area contributed by atoms with Gasteiger partial charge >= 0.3 is 0 Å². The van der Waals surface area contributed by atoms with Gasteiger partial charge in [-0.15, -0.1) is 0 Å². The number of amides is 2. The zero-order valence-electron chi connectivity index (χ0n) is 17.0. The summed E-state index contributed by atoms with van der Waals surface area (Å²) in [5.74, 6) is 0.119. The van der Waals surface area contributed by atoms with Gasteiger partial charge in [-0.3, -0.25) is 9.59 Å². The van der Waals surface area contributed by atoms with E-state index in [-0.39, 0.29) is 11.7 Å². The Labute approximate surface area is 203 Å². The van der Waals surface area contributed by atoms with Gasteiger partial charge in [0.2, 0.25) is 0 Å². The zero-order valence-corrected chi connectivity index (χ0v) is 20.1. The highest BCUT2D eigenvalue weighted by Crippen LogP contribution is 2.31. The van der Waals surface area contributed by atoms with E-state index in [0.717, 1.165) is 12.0 Å². The lowest BCUT2D eigenvalue weighted by Gasteiger charge is -2.13. The van der Waals surface area contributed by atoms with Gasteiger partial charge in [0.1, 0.15) is 5.76 Å². The van der Waals surface area contributed by atoms with Gasteiger partial charge in [-0.1, -0.05) is 35.3 Å². The van der Waals surface area contributed by atoms with Gasteiger partial charge in [0.15, 0.2) is 5.76 Å². The van der Waals surface area contributed by atoms with Gasteiger partial charge in [-0.05, 0) is 66.0 Å². The largest absolute Gasteiger partial charge is 0.455 e. The van der Waals surface area contributed by atoms with Crippen molar-refractivity contribution in [3.05, 3.63) is 85.2 Å². The zero-order chi connectivity index (χ0) is 22.8. The molecular weight excluding hydrogens is 517 g/mol. The van der Waals surface area contributed by atoms with Crippen molar-refractivity contribution >= 4 is 62.3 Å². The average Bonchev–Trinajstić information content (AvgIpc) is 3.11. The third-order valence-corrected chi connectivity index (χ3v) is 6.36. The molecule has 0 bridgehead atoms. The van der Waals surface area contributed by atoms with Crippen LogP contribution in [0, 0.1) is 6.92 Å². The van der Waals surface area contributed by atoms with Gasteiger partial charge < -0.3 is 9.73 Å². The molecule has 0 unspecified atom stereocenters. The number of furan rings is 1. The van der Waals surface area contributed by atoms with Crippen molar-refractivity contribution in [1.82, 2.24) is 5.43 Å². The fourth-order valence-corrected chi connectivity index (χ4v) is 4.51. The molecule has 2 N–H and O–H groups in total. The summed E-state index contributed by atoms with van der Waals surface area (Å²) >= 11 is 15.5. The molecule has 164 valence electrons. The molecule has 0 fully saturated rings. The number of aryl methyl sites for hydroxylation is 1. The first-order valence-electron chi connectivity index (χ1n) is 9.85. The first-order chi connectivity index (χ1) is 15.3. The maximum absolute atomic E-state index is 12.9. The number of nitrogens with one attached hydrogen (secondary N) is 2. The average molecular weight is 535 g/mol. The van der Waals surface area contributed by atoms with E-state index in [0.29, 0.717) is 55.6 Å². The Morgan fingerprint density at radius 1 is 1.09 bits per heavy atom. The number of halogens is 3. The van der Waals surface area contributed by atoms with Crippen LogP contribution >= 0.6 is 39.1 Å². The van der Waals surface area contributed by atoms with Crippen molar-refractivity contribution in [2.75, 3.05) is 5.32 Å². The first kappa shape index (κ1) is 22.6. The molecular formula is C23H18BrCl2N3O3. The third-order valence-electron chi connectivity index (χ3n) is 5.12. The van der Waals surface area contributed by atoms with E-state index in [9.17, 15) is 9.59 Å². The van der Waals surface area contributed by atoms with Crippen LogP contribution in [-0.4, -0.2) is 17.5 Å². The number of fused-ring (bicyclic) bond motifs is 1. The predicted octanol–water partition coefficient (Wildman–Crippen LogP) is 6.38. The third kappa shape index (κ3) is 4.60. The van der Waals surface area contributed by atoms with Crippen molar-refractivity contribution < 1.29 is 14.0 Å². The van der Waals surface area contributed by atoms with Crippen LogP contribution in [0.4, 0.5) is 5.69 Å². The lowest BCUT2D eigenvalue weighted by atomic mass is 9.93. The van der Waals surface area contributed by atoms with E-state index in [2.05, 4.69) is 31.8 Å². The fourth-order valence-electron chi connectivity index (χ4n) is 3.59. The molecule has 0 atom stereocenters. The molecule has 2 amide bonds. The Hall–Kier alpha value is -2.61. The normalized spacial score (nSPS) is 14.2. The van der Waals surface area contributed by atoms with Crippen molar-refractivity contribution in [3.8, 4) is 0 Å². The molecule has 9 heteroatoms. The second-order valence-electron chi connectivity index (χ2n) is 7.27. The molecule has 1 heterocycles. The molecule has 0 saturated heterocycles. The van der Waals surface area contributed by atoms with E-state index < -0.39 is 5.91 Å². The number of hydrazone groups is 1. The summed E-state index contributed by atoms with van der Waals surface area (Å²) < 4.78 is 6.57. The van der Waals surface area contributed by atoms with Crippen LogP contribution < -0.4 is 10.7 Å². The number of rotatable bonds is 4. The molecule has 1 aliphatic carbocycles. The molecule has 0 aliphatic heterocycles. The number of hydrogen-bond acceptors (Lipinski definition) is 4. The molecule has 0 saturated carbocycles. The van der Waals surface area contributed by atoms with Gasteiger partial charge in [0.05, 0.1) is 22.0 Å². The van der Waals surface area contributed by atoms with E-state index in [1.54, 1.807) is 43.3 Å². The highest BCUT2D eigenvalue weighted by molar-refractivity contribution is 9.10. The Kier molecular flexibility index (Phi) is 6.69. The number of hydrogen-bond donors (Lipinski definition) is 2. The topological polar surface area (TPSA) is 83.7 Å². The molecule has 1 aromatic heterocycles. The SMILES string of the molecule is Cc1c(C(=O)Nc2ccc(Cl)cc2Cl)oc2c1/C(=N/NC(=O)c1ccccc1Br)CCC2. The van der Waals surface area contributed by atoms with Gasteiger partial charge in [0.25, 0.3) is 11.8 Å². The maximum atomic E-state index is 12.9. The van der Waals surface area contributed by atoms with Crippen LogP contribution in [0.5, 0.6) is 0 Å². The summed E-state index contributed by atoms with van der Waals surface area (Å²) in [6.45, 7) is 1.80. The molecule has 3 aromatic rings. The van der Waals surface area contributed by atoms with E-state index in [1.807, 2.05) is 6.07 Å². The number of carbonyl (C=O) groups is 2. The number of benzene rings is 2. The molecule has 2 aromatic carbocycles. The number of anilines is 1. The molecule has 0 radical (unpaired) electrons. The summed E-state index contributed by atoms with van der Waals surface area (Å²) in [6, 6.07) is 11.9. The van der Waals surface area contributed by atoms with Crippen LogP contribution in [0.15, 0.2) is 56.5 Å². The van der Waals surface area contributed by atoms with Gasteiger partial charge in [-0.25, -0.2) is 5.43 Å². The summed E-state index contributed by atoms with van der Waals surface area (Å²) in [5, 5.41) is 7.92. The molecule has 4 rings (SSSR count). The standard InChI is InChI=1S/C23H18BrCl2N3O3/c1-12-20-18(28-29-22(30)14-5-2-3-6-15(14)24)7-4-8-19(20)32-21(12)23(31)27-17-10-9-13(25)11-16(17)26/h2-3,5-6,9-11H,4,7-8H2,1H3,(H,27,31)(H,29,30)/b28-18+. The van der Waals surface area contributed by atoms with Crippen molar-refractivity contribution in [2.24, 2.45) is 5.10 Å². The highest BCUT2D eigenvalue weighted by atomic mass is 79.9. The van der Waals surface area contributed by atoms with E-state index in [1.165, 1.54) is 0 Å². The van der Waals surface area contributed by atoms with Crippen LogP contribution in [0.3, 0.4) is 0 Å². The second-order valence-corrected chi connectivity index (χ2v) is 8.96. The molecule has 32 heavy (non-hydrogen) atoms. The lowest BCUT2D eigenvalue weighted by Crippen LogP contribution is -2.22. The Morgan fingerprint density at radius 3 is 2.62 bits per heavy atom.